The van der Waals surface area contributed by atoms with Crippen molar-refractivity contribution in [3.8, 4) is 0 Å². The van der Waals surface area contributed by atoms with Crippen LogP contribution in [0.4, 0.5) is 0 Å². The highest BCUT2D eigenvalue weighted by atomic mass is 35.5. The summed E-state index contributed by atoms with van der Waals surface area (Å²) in [5.74, 6) is 0.265. The summed E-state index contributed by atoms with van der Waals surface area (Å²) < 4.78 is 32.9. The van der Waals surface area contributed by atoms with Crippen LogP contribution in [0.1, 0.15) is 13.8 Å². The molecule has 2 rings (SSSR count). The van der Waals surface area contributed by atoms with Crippen LogP contribution in [0.15, 0.2) is 16.3 Å². The number of alkyl halides is 1. The van der Waals surface area contributed by atoms with Gasteiger partial charge in [-0.1, -0.05) is 11.6 Å². The van der Waals surface area contributed by atoms with Crippen molar-refractivity contribution in [3.63, 3.8) is 0 Å². The molecule has 108 valence electrons. The van der Waals surface area contributed by atoms with Gasteiger partial charge in [0.2, 0.25) is 0 Å². The number of nitrogens with zero attached hydrogens (tertiary/aromatic N) is 1. The van der Waals surface area contributed by atoms with Crippen LogP contribution in [0.3, 0.4) is 0 Å². The third kappa shape index (κ3) is 3.43. The lowest BCUT2D eigenvalue weighted by Crippen LogP contribution is -2.54. The Morgan fingerprint density at radius 3 is 2.74 bits per heavy atom. The minimum absolute atomic E-state index is 0.253. The average Bonchev–Trinajstić information content (AvgIpc) is 2.74. The molecule has 1 aromatic heterocycles. The van der Waals surface area contributed by atoms with Gasteiger partial charge in [-0.25, -0.2) is 8.42 Å². The van der Waals surface area contributed by atoms with E-state index in [2.05, 4.69) is 0 Å². The molecule has 1 aliphatic rings. The molecule has 1 unspecified atom stereocenters. The molecule has 4 nitrogen and oxygen atoms in total. The molecule has 0 aliphatic carbocycles. The van der Waals surface area contributed by atoms with E-state index < -0.39 is 15.6 Å². The molecule has 0 spiro atoms. The number of hydrogen-bond donors (Lipinski definition) is 0. The molecule has 1 aliphatic heterocycles. The first-order valence-corrected chi connectivity index (χ1v) is 8.91. The maximum Gasteiger partial charge on any atom is 0.252 e. The minimum atomic E-state index is -3.53. The lowest BCUT2D eigenvalue weighted by atomic mass is 10.1. The Balaban J connectivity index is 2.29. The van der Waals surface area contributed by atoms with Gasteiger partial charge in [0.1, 0.15) is 4.21 Å². The zero-order valence-electron chi connectivity index (χ0n) is 10.6. The smallest absolute Gasteiger partial charge is 0.252 e. The van der Waals surface area contributed by atoms with Crippen molar-refractivity contribution in [2.45, 2.75) is 29.8 Å². The van der Waals surface area contributed by atoms with E-state index in [-0.39, 0.29) is 22.7 Å². The Hall–Kier alpha value is 0.150. The number of hydrogen-bond acceptors (Lipinski definition) is 4. The van der Waals surface area contributed by atoms with Crippen molar-refractivity contribution in [1.82, 2.24) is 4.31 Å². The van der Waals surface area contributed by atoms with Crippen molar-refractivity contribution >= 4 is 44.6 Å². The summed E-state index contributed by atoms with van der Waals surface area (Å²) in [7, 11) is -3.53. The Morgan fingerprint density at radius 2 is 2.21 bits per heavy atom. The molecule has 0 bridgehead atoms. The van der Waals surface area contributed by atoms with Gasteiger partial charge >= 0.3 is 0 Å². The van der Waals surface area contributed by atoms with Gasteiger partial charge in [0.05, 0.1) is 16.0 Å². The molecule has 19 heavy (non-hydrogen) atoms. The average molecular weight is 344 g/mol. The van der Waals surface area contributed by atoms with Crippen molar-refractivity contribution < 1.29 is 13.2 Å². The Bertz CT molecular complexity index is 556. The van der Waals surface area contributed by atoms with Crippen LogP contribution in [0, 0.1) is 0 Å². The van der Waals surface area contributed by atoms with Gasteiger partial charge in [-0.15, -0.1) is 22.9 Å². The summed E-state index contributed by atoms with van der Waals surface area (Å²) >= 11 is 12.7. The molecule has 1 fully saturated rings. The van der Waals surface area contributed by atoms with E-state index in [0.717, 1.165) is 11.3 Å². The van der Waals surface area contributed by atoms with Crippen LogP contribution in [0.25, 0.3) is 0 Å². The van der Waals surface area contributed by atoms with E-state index in [4.69, 9.17) is 27.9 Å². The fourth-order valence-electron chi connectivity index (χ4n) is 2.07. The maximum atomic E-state index is 12.5. The summed E-state index contributed by atoms with van der Waals surface area (Å²) in [4.78, 5) is 0. The fourth-order valence-corrected chi connectivity index (χ4v) is 5.49. The third-order valence-corrected chi connectivity index (χ3v) is 6.62. The molecule has 0 aromatic carbocycles. The van der Waals surface area contributed by atoms with Gasteiger partial charge in [0, 0.05) is 19.0 Å². The Labute approximate surface area is 127 Å². The summed E-state index contributed by atoms with van der Waals surface area (Å²) in [5.41, 5.74) is -0.550. The SMILES string of the molecule is CC1(C)CN(S(=O)(=O)c2ccc(Cl)s2)CC(CCl)O1. The third-order valence-electron chi connectivity index (χ3n) is 2.76. The zero-order valence-corrected chi connectivity index (χ0v) is 13.7. The summed E-state index contributed by atoms with van der Waals surface area (Å²) in [5, 5.41) is 0. The minimum Gasteiger partial charge on any atom is -0.368 e. The van der Waals surface area contributed by atoms with Crippen LogP contribution >= 0.6 is 34.5 Å². The molecule has 2 heterocycles. The van der Waals surface area contributed by atoms with E-state index in [1.165, 1.54) is 10.4 Å². The molecule has 1 saturated heterocycles. The molecule has 0 saturated carbocycles. The summed E-state index contributed by atoms with van der Waals surface area (Å²) in [6.45, 7) is 4.29. The normalized spacial score (nSPS) is 24.5. The molecule has 0 N–H and O–H groups in total. The number of halogens is 2. The summed E-state index contributed by atoms with van der Waals surface area (Å²) in [6.07, 6.45) is -0.296. The van der Waals surface area contributed by atoms with Crippen LogP contribution in [0.2, 0.25) is 4.34 Å². The molecule has 0 amide bonds. The number of sulfonamides is 1. The second-order valence-corrected chi connectivity index (χ2v) is 9.20. The van der Waals surface area contributed by atoms with Gasteiger partial charge in [-0.2, -0.15) is 4.31 Å². The number of rotatable bonds is 3. The van der Waals surface area contributed by atoms with Gasteiger partial charge < -0.3 is 4.74 Å². The molecule has 8 heteroatoms. The first kappa shape index (κ1) is 15.5. The molecular weight excluding hydrogens is 329 g/mol. The van der Waals surface area contributed by atoms with Gasteiger partial charge in [0.25, 0.3) is 10.0 Å². The second-order valence-electron chi connectivity index (χ2n) is 5.01. The second kappa shape index (κ2) is 5.50. The lowest BCUT2D eigenvalue weighted by Gasteiger charge is -2.41. The molecule has 0 radical (unpaired) electrons. The van der Waals surface area contributed by atoms with Crippen LogP contribution in [-0.4, -0.2) is 43.4 Å². The number of ether oxygens (including phenoxy) is 1. The fraction of sp³-hybridized carbons (Fsp3) is 0.636. The van der Waals surface area contributed by atoms with Gasteiger partial charge in [0.15, 0.2) is 0 Å². The van der Waals surface area contributed by atoms with E-state index in [0.29, 0.717) is 10.9 Å². The van der Waals surface area contributed by atoms with Crippen molar-refractivity contribution in [2.75, 3.05) is 19.0 Å². The Kier molecular flexibility index (Phi) is 4.50. The predicted octanol–water partition coefficient (Wildman–Crippen LogP) is 2.81. The lowest BCUT2D eigenvalue weighted by molar-refractivity contribution is -0.107. The summed E-state index contributed by atoms with van der Waals surface area (Å²) in [6, 6.07) is 3.12. The molecule has 1 atom stereocenters. The van der Waals surface area contributed by atoms with Crippen LogP contribution < -0.4 is 0 Å². The van der Waals surface area contributed by atoms with E-state index in [9.17, 15) is 8.42 Å². The first-order valence-electron chi connectivity index (χ1n) is 5.74. The maximum absolute atomic E-state index is 12.5. The largest absolute Gasteiger partial charge is 0.368 e. The van der Waals surface area contributed by atoms with Crippen LogP contribution in [0.5, 0.6) is 0 Å². The van der Waals surface area contributed by atoms with Crippen molar-refractivity contribution in [1.29, 1.82) is 0 Å². The highest BCUT2D eigenvalue weighted by Gasteiger charge is 2.39. The zero-order chi connectivity index (χ0) is 14.3. The topological polar surface area (TPSA) is 46.6 Å². The number of thiophene rings is 1. The quantitative estimate of drug-likeness (QED) is 0.792. The van der Waals surface area contributed by atoms with E-state index >= 15 is 0 Å². The van der Waals surface area contributed by atoms with E-state index in [1.807, 2.05) is 13.8 Å². The number of morpholine rings is 1. The Morgan fingerprint density at radius 1 is 1.53 bits per heavy atom. The standard InChI is InChI=1S/C11H15Cl2NO3S2/c1-11(2)7-14(6-8(5-12)17-11)19(15,16)10-4-3-9(13)18-10/h3-4,8H,5-7H2,1-2H3. The highest BCUT2D eigenvalue weighted by molar-refractivity contribution is 7.91. The van der Waals surface area contributed by atoms with Crippen LogP contribution in [-0.2, 0) is 14.8 Å². The van der Waals surface area contributed by atoms with E-state index in [1.54, 1.807) is 6.07 Å². The molecular formula is C11H15Cl2NO3S2. The highest BCUT2D eigenvalue weighted by Crippen LogP contribution is 2.31. The predicted molar refractivity (Wildman–Crippen MR) is 77.8 cm³/mol. The van der Waals surface area contributed by atoms with Crippen molar-refractivity contribution in [2.24, 2.45) is 0 Å². The van der Waals surface area contributed by atoms with Gasteiger partial charge in [-0.3, -0.25) is 0 Å². The van der Waals surface area contributed by atoms with Gasteiger partial charge in [-0.05, 0) is 26.0 Å². The monoisotopic (exact) mass is 343 g/mol. The molecule has 1 aromatic rings. The first-order chi connectivity index (χ1) is 8.74. The van der Waals surface area contributed by atoms with Crippen molar-refractivity contribution in [3.05, 3.63) is 16.5 Å².